The molecule has 0 bridgehead atoms. The van der Waals surface area contributed by atoms with Crippen LogP contribution in [-0.4, -0.2) is 7.35 Å². The van der Waals surface area contributed by atoms with Gasteiger partial charge in [0.05, 0.1) is 0 Å². The van der Waals surface area contributed by atoms with Gasteiger partial charge in [0.15, 0.2) is 0 Å². The van der Waals surface area contributed by atoms with E-state index in [-0.39, 0.29) is 36.9 Å². The van der Waals surface area contributed by atoms with Gasteiger partial charge in [-0.1, -0.05) is 0 Å². The molecule has 0 rings (SSSR count). The van der Waals surface area contributed by atoms with E-state index in [0.717, 1.165) is 0 Å². The van der Waals surface area contributed by atoms with Gasteiger partial charge >= 0.3 is 51.7 Å². The van der Waals surface area contributed by atoms with Gasteiger partial charge in [-0.2, -0.15) is 0 Å². The van der Waals surface area contributed by atoms with Crippen LogP contribution in [0.5, 0.6) is 0 Å². The molecule has 0 aromatic carbocycles. The summed E-state index contributed by atoms with van der Waals surface area (Å²) >= 11 is 0. The van der Waals surface area contributed by atoms with Crippen LogP contribution in [0.3, 0.4) is 0 Å². The number of rotatable bonds is 1. The van der Waals surface area contributed by atoms with Crippen LogP contribution in [0.1, 0.15) is 0 Å². The Morgan fingerprint density at radius 1 is 1.80 bits per heavy atom. The minimum Gasteiger partial charge on any atom is 1.00 e. The Kier molecular flexibility index (Phi) is 16.2. The van der Waals surface area contributed by atoms with E-state index in [9.17, 15) is 0 Å². The zero-order chi connectivity index (χ0) is 3.41. The third-order valence-electron chi connectivity index (χ3n) is 0.0393. The minimum atomic E-state index is -0.181. The van der Waals surface area contributed by atoms with Crippen LogP contribution in [0.15, 0.2) is 0 Å². The first-order chi connectivity index (χ1) is 1.91. The molecule has 3 nitrogen and oxygen atoms in total. The summed E-state index contributed by atoms with van der Waals surface area (Å²) in [7, 11) is -0.181. The van der Waals surface area contributed by atoms with Crippen LogP contribution in [0.25, 0.3) is 0 Å². The van der Waals surface area contributed by atoms with Crippen LogP contribution >= 0.6 is 0 Å². The maximum Gasteiger partial charge on any atom is 1.00 e. The average molecular weight is 81.8 g/mol. The zero-order valence-electron chi connectivity index (χ0n) is 2.80. The van der Waals surface area contributed by atoms with Crippen molar-refractivity contribution in [2.75, 3.05) is 0 Å². The van der Waals surface area contributed by atoms with E-state index >= 15 is 0 Å². The van der Waals surface area contributed by atoms with Crippen LogP contribution in [0, 0.1) is 0 Å². The molecule has 0 heterocycles. The number of hydrogen-bond donors (Lipinski definition) is 0. The summed E-state index contributed by atoms with van der Waals surface area (Å²) in [6.45, 7) is 0. The molecule has 0 amide bonds. The minimum absolute atomic E-state index is 0. The van der Waals surface area contributed by atoms with Crippen molar-refractivity contribution in [1.82, 2.24) is 0 Å². The van der Waals surface area contributed by atoms with Gasteiger partial charge in [-0.15, -0.1) is 0 Å². The van der Waals surface area contributed by atoms with Crippen molar-refractivity contribution in [3.05, 3.63) is 0 Å². The zero-order valence-corrected chi connectivity index (χ0v) is 4.80. The quantitative estimate of drug-likeness (QED) is 0.181. The third kappa shape index (κ3) is 12.1. The Labute approximate surface area is 51.8 Å². The summed E-state index contributed by atoms with van der Waals surface area (Å²) in [5.74, 6) is 0. The first kappa shape index (κ1) is 9.16. The van der Waals surface area contributed by atoms with Gasteiger partial charge < -0.3 is 0 Å². The molecule has 0 aliphatic heterocycles. The second-order valence-corrected chi connectivity index (χ2v) is 0.192. The van der Waals surface area contributed by atoms with E-state index in [1.165, 1.54) is 0 Å². The summed E-state index contributed by atoms with van der Waals surface area (Å²) in [5, 5.41) is 8.43. The molecule has 0 spiro atoms. The van der Waals surface area contributed by atoms with Crippen molar-refractivity contribution >= 4 is 7.35 Å². The molecule has 0 fully saturated rings. The van der Waals surface area contributed by atoms with E-state index < -0.39 is 0 Å². The van der Waals surface area contributed by atoms with Crippen molar-refractivity contribution in [3.63, 3.8) is 0 Å². The predicted octanol–water partition coefficient (Wildman–Crippen LogP) is -4.75. The van der Waals surface area contributed by atoms with Crippen LogP contribution < -0.4 is 34.8 Å². The van der Waals surface area contributed by atoms with Crippen molar-refractivity contribution in [3.8, 4) is 0 Å². The summed E-state index contributed by atoms with van der Waals surface area (Å²) in [6, 6.07) is 0. The van der Waals surface area contributed by atoms with E-state index in [0.29, 0.717) is 0 Å². The van der Waals surface area contributed by atoms with Crippen LogP contribution in [-0.2, 0) is 9.51 Å². The molecule has 0 aromatic rings. The van der Waals surface area contributed by atoms with E-state index in [4.69, 9.17) is 9.96 Å². The van der Waals surface area contributed by atoms with Gasteiger partial charge in [0.2, 0.25) is 0 Å². The predicted molar refractivity (Wildman–Crippen MR) is 7.53 cm³/mol. The molecule has 0 aliphatic carbocycles. The van der Waals surface area contributed by atoms with Gasteiger partial charge in [0.1, 0.15) is 0 Å². The molecule has 0 N–H and O–H groups in total. The molecule has 0 atom stereocenters. The molecule has 0 saturated heterocycles. The summed E-state index contributed by atoms with van der Waals surface area (Å²) < 4.78 is 8.64. The van der Waals surface area contributed by atoms with Gasteiger partial charge in [-0.05, 0) is 0 Å². The molecule has 0 aromatic heterocycles. The second kappa shape index (κ2) is 8.82. The molecule has 5 heteroatoms. The molecule has 0 radical (unpaired) electrons. The smallest absolute Gasteiger partial charge is 1.00 e. The van der Waals surface area contributed by atoms with Gasteiger partial charge in [-0.3, -0.25) is 0 Å². The van der Waals surface area contributed by atoms with Crippen LogP contribution in [0.4, 0.5) is 0 Å². The van der Waals surface area contributed by atoms with E-state index in [1.54, 1.807) is 0 Å². The third-order valence-corrected chi connectivity index (χ3v) is 0.0393. The fourth-order valence-corrected chi connectivity index (χ4v) is 0. The fraction of sp³-hybridized carbons (Fsp3) is 0. The maximum absolute atomic E-state index is 8.64. The Morgan fingerprint density at radius 2 is 2.00 bits per heavy atom. The Bertz CT molecular complexity index is 20.9. The molecular weight excluding hydrogens is 81.8 g/mol. The van der Waals surface area contributed by atoms with Crippen molar-refractivity contribution < 1.29 is 44.3 Å². The second-order valence-electron chi connectivity index (χ2n) is 0.192. The fourth-order valence-electron chi connectivity index (χ4n) is 0. The summed E-state index contributed by atoms with van der Waals surface area (Å²) in [5.41, 5.74) is 0. The molecule has 0 aliphatic rings. The molecule has 0 saturated carbocycles. The Balaban J connectivity index is 0. The van der Waals surface area contributed by atoms with Crippen molar-refractivity contribution in [1.29, 1.82) is 0 Å². The SMILES string of the molecule is O=BO[O-].[Na+]. The Morgan fingerprint density at radius 3 is 2.00 bits per heavy atom. The first-order valence-corrected chi connectivity index (χ1v) is 0.638. The van der Waals surface area contributed by atoms with Gasteiger partial charge in [-0.25, -0.2) is 0 Å². The monoisotopic (exact) mass is 82.0 g/mol. The molecule has 0 unspecified atom stereocenters. The normalized spacial score (nSPS) is 3.40. The average Bonchev–Trinajstić information content (AvgIpc) is 1.37. The molecular formula is BNaO3. The van der Waals surface area contributed by atoms with Crippen LogP contribution in [0.2, 0.25) is 0 Å². The first-order valence-electron chi connectivity index (χ1n) is 0.638. The van der Waals surface area contributed by atoms with E-state index in [1.807, 2.05) is 0 Å². The summed E-state index contributed by atoms with van der Waals surface area (Å²) in [4.78, 5) is 2.61. The van der Waals surface area contributed by atoms with Crippen molar-refractivity contribution in [2.45, 2.75) is 0 Å². The van der Waals surface area contributed by atoms with E-state index in [2.05, 4.69) is 4.81 Å². The largest absolute Gasteiger partial charge is 1.00 e. The Hall–Kier alpha value is 0.625. The van der Waals surface area contributed by atoms with Crippen molar-refractivity contribution in [2.24, 2.45) is 0 Å². The van der Waals surface area contributed by atoms with Gasteiger partial charge in [0, 0.05) is 0 Å². The molecule has 22 valence electrons. The van der Waals surface area contributed by atoms with Gasteiger partial charge in [0.25, 0.3) is 0 Å². The maximum atomic E-state index is 8.64. The molecule has 5 heavy (non-hydrogen) atoms. The topological polar surface area (TPSA) is 49.4 Å². The standard InChI is InChI=1S/BHO3.Na/c2-1-4-3;/h3H;/q;+1/p-1. The number of hydrogen-bond acceptors (Lipinski definition) is 3. The summed E-state index contributed by atoms with van der Waals surface area (Å²) in [6.07, 6.45) is 0.